The third-order valence-electron chi connectivity index (χ3n) is 11.4. The molecule has 0 aromatic heterocycles. The Kier molecular flexibility index (Phi) is 30.1. The predicted molar refractivity (Wildman–Crippen MR) is 260 cm³/mol. The summed E-state index contributed by atoms with van der Waals surface area (Å²) < 4.78 is 77.5. The van der Waals surface area contributed by atoms with Crippen molar-refractivity contribution in [1.82, 2.24) is 0 Å². The van der Waals surface area contributed by atoms with E-state index in [1.54, 1.807) is 0 Å². The van der Waals surface area contributed by atoms with Gasteiger partial charge in [0.15, 0.2) is 0 Å². The molecule has 0 fully saturated rings. The Hall–Kier alpha value is -2.84. The number of aryl methyl sites for hydroxylation is 2. The van der Waals surface area contributed by atoms with E-state index in [4.69, 9.17) is 9.47 Å². The summed E-state index contributed by atoms with van der Waals surface area (Å²) in [5, 5.41) is 21.3. The molecule has 4 aromatic carbocycles. The number of hydrogen-bond acceptors (Lipinski definition) is 9. The molecule has 0 saturated heterocycles. The van der Waals surface area contributed by atoms with Crippen LogP contribution in [0.5, 0.6) is 34.5 Å². The number of rotatable bonds is 32. The maximum Gasteiger partial charge on any atom is 2.00 e. The van der Waals surface area contributed by atoms with Crippen molar-refractivity contribution in [3.63, 3.8) is 0 Å². The van der Waals surface area contributed by atoms with Crippen LogP contribution in [-0.4, -0.2) is 68.8 Å². The number of hydrogen-bond donors (Lipinski definition) is 2. The average molecular weight is 963 g/mol. The van der Waals surface area contributed by atoms with Gasteiger partial charge in [-0.1, -0.05) is 203 Å². The fraction of sp³-hybridized carbons (Fsp3) is 0.538. The number of phenols is 1. The number of ether oxygens (including phenoxy) is 2. The molecular formula is C52H74CaO10S2. The fourth-order valence-corrected chi connectivity index (χ4v) is 8.87. The Labute approximate surface area is 421 Å². The van der Waals surface area contributed by atoms with E-state index in [1.807, 2.05) is 48.5 Å². The average Bonchev–Trinajstić information content (AvgIpc) is 3.26. The van der Waals surface area contributed by atoms with E-state index in [2.05, 4.69) is 13.8 Å². The van der Waals surface area contributed by atoms with Gasteiger partial charge in [0.1, 0.15) is 43.8 Å². The van der Waals surface area contributed by atoms with E-state index in [1.165, 1.54) is 153 Å². The minimum atomic E-state index is -4.84. The molecule has 0 saturated carbocycles. The van der Waals surface area contributed by atoms with Crippen molar-refractivity contribution in [2.45, 2.75) is 191 Å². The van der Waals surface area contributed by atoms with Gasteiger partial charge in [0, 0.05) is 6.07 Å². The predicted octanol–water partition coefficient (Wildman–Crippen LogP) is 14.0. The molecule has 65 heavy (non-hydrogen) atoms. The Bertz CT molecular complexity index is 1970. The van der Waals surface area contributed by atoms with Gasteiger partial charge in [0.25, 0.3) is 10.1 Å². The summed E-state index contributed by atoms with van der Waals surface area (Å²) in [6.07, 6.45) is 32.9. The second-order valence-corrected chi connectivity index (χ2v) is 19.6. The van der Waals surface area contributed by atoms with E-state index >= 15 is 0 Å². The summed E-state index contributed by atoms with van der Waals surface area (Å²) in [5.41, 5.74) is 2.08. The third kappa shape index (κ3) is 24.7. The second kappa shape index (κ2) is 33.6. The van der Waals surface area contributed by atoms with Crippen LogP contribution >= 0.6 is 0 Å². The number of benzene rings is 4. The van der Waals surface area contributed by atoms with Gasteiger partial charge in [-0.2, -0.15) is 8.42 Å². The molecule has 0 unspecified atom stereocenters. The van der Waals surface area contributed by atoms with Gasteiger partial charge in [0.05, 0.1) is 4.90 Å². The molecule has 0 atom stereocenters. The van der Waals surface area contributed by atoms with Crippen molar-refractivity contribution in [2.24, 2.45) is 0 Å². The first-order valence-electron chi connectivity index (χ1n) is 23.9. The molecule has 356 valence electrons. The van der Waals surface area contributed by atoms with Crippen LogP contribution in [0.2, 0.25) is 0 Å². The number of phenolic OH excluding ortho intramolecular Hbond substituents is 1. The second-order valence-electron chi connectivity index (χ2n) is 16.9. The molecule has 0 aliphatic rings. The van der Waals surface area contributed by atoms with Crippen LogP contribution in [0, 0.1) is 0 Å². The van der Waals surface area contributed by atoms with Crippen LogP contribution in [0.25, 0.3) is 0 Å². The van der Waals surface area contributed by atoms with Gasteiger partial charge in [-0.3, -0.25) is 4.55 Å². The molecule has 0 aliphatic carbocycles. The first-order valence-corrected chi connectivity index (χ1v) is 26.8. The molecule has 4 rings (SSSR count). The topological polar surface area (TPSA) is 173 Å². The van der Waals surface area contributed by atoms with E-state index in [0.717, 1.165) is 61.4 Å². The molecule has 0 amide bonds. The summed E-state index contributed by atoms with van der Waals surface area (Å²) in [7, 11) is -9.36. The van der Waals surface area contributed by atoms with Crippen LogP contribution in [0.4, 0.5) is 0 Å². The van der Waals surface area contributed by atoms with Crippen LogP contribution in [-0.2, 0) is 33.1 Å². The summed E-state index contributed by atoms with van der Waals surface area (Å²) >= 11 is 0. The SMILES string of the molecule is CCCCCCCCCCCCCCc1ccccc1Oc1ccc(O)c(S(=O)(=O)O)c1.CCCCCCCCCCCCCCc1ccccc1Oc1ccc([O-])c(S(=O)(=O)[O-])c1.[Ca+2]. The van der Waals surface area contributed by atoms with Crippen molar-refractivity contribution >= 4 is 58.0 Å². The zero-order chi connectivity index (χ0) is 46.5. The molecule has 0 spiro atoms. The standard InChI is InChI=1S/2C26H38O5S.Ca/c2*1-2-3-4-5-6-7-8-9-10-11-12-13-16-22-17-14-15-18-25(22)31-23-19-20-24(27)26(21-23)32(28,29)30;/h2*14-15,17-21,27H,2-13,16H2,1H3,(H,28,29,30);/q;;+2/p-2. The van der Waals surface area contributed by atoms with Crippen LogP contribution < -0.4 is 14.6 Å². The van der Waals surface area contributed by atoms with Crippen molar-refractivity contribution in [3.05, 3.63) is 96.1 Å². The zero-order valence-electron chi connectivity index (χ0n) is 39.2. The van der Waals surface area contributed by atoms with Gasteiger partial charge < -0.3 is 24.2 Å². The largest absolute Gasteiger partial charge is 2.00 e. The van der Waals surface area contributed by atoms with Gasteiger partial charge in [-0.05, 0) is 73.2 Å². The first-order chi connectivity index (χ1) is 30.8. The summed E-state index contributed by atoms with van der Waals surface area (Å²) in [6.45, 7) is 4.50. The summed E-state index contributed by atoms with van der Waals surface area (Å²) in [6, 6.07) is 22.5. The fourth-order valence-electron chi connectivity index (χ4n) is 7.70. The van der Waals surface area contributed by atoms with E-state index in [0.29, 0.717) is 11.5 Å². The van der Waals surface area contributed by atoms with Crippen LogP contribution in [0.15, 0.2) is 94.7 Å². The normalized spacial score (nSPS) is 11.4. The van der Waals surface area contributed by atoms with Crippen molar-refractivity contribution in [2.75, 3.05) is 0 Å². The van der Waals surface area contributed by atoms with Crippen LogP contribution in [0.1, 0.15) is 179 Å². The van der Waals surface area contributed by atoms with E-state index < -0.39 is 41.5 Å². The Morgan fingerprint density at radius 2 is 0.815 bits per heavy atom. The molecule has 0 radical (unpaired) electrons. The minimum Gasteiger partial charge on any atom is -0.872 e. The molecule has 0 aliphatic heterocycles. The molecule has 10 nitrogen and oxygen atoms in total. The first kappa shape index (κ1) is 58.3. The number of aromatic hydroxyl groups is 1. The van der Waals surface area contributed by atoms with Crippen molar-refractivity contribution in [3.8, 4) is 34.5 Å². The summed E-state index contributed by atoms with van der Waals surface area (Å²) in [5.74, 6) is 0.353. The molecule has 0 heterocycles. The Morgan fingerprint density at radius 1 is 0.477 bits per heavy atom. The number of para-hydroxylation sites is 2. The minimum absolute atomic E-state index is 0. The Morgan fingerprint density at radius 3 is 1.18 bits per heavy atom. The maximum absolute atomic E-state index is 11.6. The van der Waals surface area contributed by atoms with Crippen molar-refractivity contribution in [1.29, 1.82) is 0 Å². The van der Waals surface area contributed by atoms with E-state index in [-0.39, 0.29) is 49.2 Å². The molecule has 0 bridgehead atoms. The van der Waals surface area contributed by atoms with Crippen LogP contribution in [0.3, 0.4) is 0 Å². The molecular weight excluding hydrogens is 889 g/mol. The van der Waals surface area contributed by atoms with Crippen molar-refractivity contribution < 1.29 is 45.6 Å². The van der Waals surface area contributed by atoms with Gasteiger partial charge in [0.2, 0.25) is 0 Å². The van der Waals surface area contributed by atoms with Gasteiger partial charge in [-0.15, -0.1) is 0 Å². The van der Waals surface area contributed by atoms with E-state index in [9.17, 15) is 36.2 Å². The zero-order valence-corrected chi connectivity index (χ0v) is 43.0. The quantitative estimate of drug-likeness (QED) is 0.0272. The monoisotopic (exact) mass is 962 g/mol. The van der Waals surface area contributed by atoms with Gasteiger partial charge >= 0.3 is 37.7 Å². The molecule has 13 heteroatoms. The Balaban J connectivity index is 0.000000440. The van der Waals surface area contributed by atoms with Gasteiger partial charge in [-0.25, -0.2) is 8.42 Å². The third-order valence-corrected chi connectivity index (χ3v) is 13.1. The molecule has 4 aromatic rings. The smallest absolute Gasteiger partial charge is 0.872 e. The molecule has 2 N–H and O–H groups in total. The number of unbranched alkanes of at least 4 members (excludes halogenated alkanes) is 22. The maximum atomic E-state index is 11.6. The summed E-state index contributed by atoms with van der Waals surface area (Å²) in [4.78, 5) is -1.35.